The average molecular weight is 232 g/mol. The molecule has 0 aliphatic carbocycles. The zero-order chi connectivity index (χ0) is 12.7. The second-order valence-corrected chi connectivity index (χ2v) is 4.78. The Morgan fingerprint density at radius 2 is 1.71 bits per heavy atom. The molecule has 0 unspecified atom stereocenters. The Balaban J connectivity index is 2.28. The molecular formula is C15H20O2. The highest BCUT2D eigenvalue weighted by molar-refractivity contribution is 5.96. The van der Waals surface area contributed by atoms with Gasteiger partial charge < -0.3 is 0 Å². The van der Waals surface area contributed by atoms with Crippen LogP contribution < -0.4 is 0 Å². The molecular weight excluding hydrogens is 212 g/mol. The summed E-state index contributed by atoms with van der Waals surface area (Å²) in [6.45, 7) is 4.07. The molecule has 0 N–H and O–H groups in total. The van der Waals surface area contributed by atoms with E-state index >= 15 is 0 Å². The average Bonchev–Trinajstić information content (AvgIpc) is 2.29. The third-order valence-electron chi connectivity index (χ3n) is 2.59. The summed E-state index contributed by atoms with van der Waals surface area (Å²) < 4.78 is 0. The lowest BCUT2D eigenvalue weighted by Gasteiger charge is -2.03. The molecule has 0 saturated heterocycles. The van der Waals surface area contributed by atoms with Crippen LogP contribution in [0.5, 0.6) is 0 Å². The van der Waals surface area contributed by atoms with Gasteiger partial charge in [-0.25, -0.2) is 0 Å². The van der Waals surface area contributed by atoms with Gasteiger partial charge in [0.2, 0.25) is 0 Å². The number of Topliss-reactive ketones (excluding diaryl/α,β-unsaturated/α-hetero) is 2. The third kappa shape index (κ3) is 5.43. The van der Waals surface area contributed by atoms with Crippen molar-refractivity contribution in [3.63, 3.8) is 0 Å². The summed E-state index contributed by atoms with van der Waals surface area (Å²) in [5, 5.41) is 0. The molecule has 0 aliphatic rings. The van der Waals surface area contributed by atoms with Crippen molar-refractivity contribution in [2.24, 2.45) is 5.92 Å². The number of hydrogen-bond acceptors (Lipinski definition) is 2. The lowest BCUT2D eigenvalue weighted by atomic mass is 10.0. The van der Waals surface area contributed by atoms with Crippen molar-refractivity contribution in [2.45, 2.75) is 39.5 Å². The molecule has 1 aromatic rings. The van der Waals surface area contributed by atoms with E-state index in [4.69, 9.17) is 0 Å². The minimum Gasteiger partial charge on any atom is -0.300 e. The normalized spacial score (nSPS) is 10.5. The van der Waals surface area contributed by atoms with E-state index in [1.54, 1.807) is 0 Å². The summed E-state index contributed by atoms with van der Waals surface area (Å²) in [6.07, 6.45) is 2.28. The Bertz CT molecular complexity index is 366. The number of carbonyl (C=O) groups is 2. The van der Waals surface area contributed by atoms with Gasteiger partial charge in [0.1, 0.15) is 5.78 Å². The molecule has 17 heavy (non-hydrogen) atoms. The Kier molecular flexibility index (Phi) is 5.61. The molecule has 2 nitrogen and oxygen atoms in total. The smallest absolute Gasteiger partial charge is 0.162 e. The van der Waals surface area contributed by atoms with E-state index in [0.29, 0.717) is 31.6 Å². The zero-order valence-corrected chi connectivity index (χ0v) is 10.6. The standard InChI is InChI=1S/C15H20O2/c1-12(2)11-14(16)9-6-10-15(17)13-7-4-3-5-8-13/h3-5,7-8,12H,6,9-11H2,1-2H3. The maximum absolute atomic E-state index is 11.7. The van der Waals surface area contributed by atoms with E-state index in [1.807, 2.05) is 44.2 Å². The van der Waals surface area contributed by atoms with E-state index in [0.717, 1.165) is 5.56 Å². The molecule has 0 aromatic heterocycles. The Morgan fingerprint density at radius 1 is 1.06 bits per heavy atom. The molecule has 0 heterocycles. The first-order valence-electron chi connectivity index (χ1n) is 6.19. The van der Waals surface area contributed by atoms with E-state index < -0.39 is 0 Å². The Morgan fingerprint density at radius 3 is 2.29 bits per heavy atom. The van der Waals surface area contributed by atoms with Crippen LogP contribution >= 0.6 is 0 Å². The quantitative estimate of drug-likeness (QED) is 0.672. The topological polar surface area (TPSA) is 34.1 Å². The van der Waals surface area contributed by atoms with Crippen LogP contribution in [0.1, 0.15) is 49.9 Å². The van der Waals surface area contributed by atoms with Gasteiger partial charge in [0.25, 0.3) is 0 Å². The predicted octanol–water partition coefficient (Wildman–Crippen LogP) is 3.65. The van der Waals surface area contributed by atoms with Crippen LogP contribution in [0.3, 0.4) is 0 Å². The van der Waals surface area contributed by atoms with Crippen molar-refractivity contribution in [3.8, 4) is 0 Å². The number of ketones is 2. The molecule has 2 heteroatoms. The van der Waals surface area contributed by atoms with Crippen LogP contribution in [0.15, 0.2) is 30.3 Å². The summed E-state index contributed by atoms with van der Waals surface area (Å²) in [4.78, 5) is 23.2. The monoisotopic (exact) mass is 232 g/mol. The minimum atomic E-state index is 0.128. The molecule has 1 aromatic carbocycles. The summed E-state index contributed by atoms with van der Waals surface area (Å²) in [5.41, 5.74) is 0.740. The predicted molar refractivity (Wildman–Crippen MR) is 69.1 cm³/mol. The summed E-state index contributed by atoms with van der Waals surface area (Å²) in [5.74, 6) is 0.802. The van der Waals surface area contributed by atoms with Crippen molar-refractivity contribution in [1.82, 2.24) is 0 Å². The van der Waals surface area contributed by atoms with Crippen molar-refractivity contribution in [1.29, 1.82) is 0 Å². The van der Waals surface area contributed by atoms with Crippen LogP contribution in [0.4, 0.5) is 0 Å². The molecule has 0 atom stereocenters. The molecule has 0 fully saturated rings. The van der Waals surface area contributed by atoms with Crippen LogP contribution in [0.25, 0.3) is 0 Å². The van der Waals surface area contributed by atoms with Crippen LogP contribution in [0, 0.1) is 5.92 Å². The van der Waals surface area contributed by atoms with E-state index in [9.17, 15) is 9.59 Å². The van der Waals surface area contributed by atoms with E-state index in [1.165, 1.54) is 0 Å². The van der Waals surface area contributed by atoms with Gasteiger partial charge in [-0.2, -0.15) is 0 Å². The van der Waals surface area contributed by atoms with Gasteiger partial charge in [-0.3, -0.25) is 9.59 Å². The van der Waals surface area contributed by atoms with Crippen molar-refractivity contribution in [3.05, 3.63) is 35.9 Å². The number of rotatable bonds is 7. The van der Waals surface area contributed by atoms with Crippen molar-refractivity contribution < 1.29 is 9.59 Å². The van der Waals surface area contributed by atoms with E-state index in [-0.39, 0.29) is 11.6 Å². The molecule has 0 spiro atoms. The fourth-order valence-corrected chi connectivity index (χ4v) is 1.77. The lowest BCUT2D eigenvalue weighted by molar-refractivity contribution is -0.119. The first kappa shape index (κ1) is 13.6. The second-order valence-electron chi connectivity index (χ2n) is 4.78. The largest absolute Gasteiger partial charge is 0.300 e. The van der Waals surface area contributed by atoms with Gasteiger partial charge in [-0.15, -0.1) is 0 Å². The minimum absolute atomic E-state index is 0.128. The van der Waals surface area contributed by atoms with E-state index in [2.05, 4.69) is 0 Å². The van der Waals surface area contributed by atoms with Gasteiger partial charge in [-0.05, 0) is 12.3 Å². The van der Waals surface area contributed by atoms with Crippen LogP contribution in [0.2, 0.25) is 0 Å². The Labute approximate surface area is 103 Å². The SMILES string of the molecule is CC(C)CC(=O)CCCC(=O)c1ccccc1. The van der Waals surface area contributed by atoms with Crippen molar-refractivity contribution >= 4 is 11.6 Å². The van der Waals surface area contributed by atoms with Gasteiger partial charge in [0, 0.05) is 24.8 Å². The Hall–Kier alpha value is -1.44. The molecule has 0 aliphatic heterocycles. The van der Waals surface area contributed by atoms with Crippen LogP contribution in [-0.2, 0) is 4.79 Å². The van der Waals surface area contributed by atoms with Gasteiger partial charge >= 0.3 is 0 Å². The third-order valence-corrected chi connectivity index (χ3v) is 2.59. The highest BCUT2D eigenvalue weighted by Crippen LogP contribution is 2.09. The lowest BCUT2D eigenvalue weighted by Crippen LogP contribution is -2.05. The molecule has 0 radical (unpaired) electrons. The summed E-state index contributed by atoms with van der Waals surface area (Å²) in [7, 11) is 0. The second kappa shape index (κ2) is 7.00. The number of hydrogen-bond donors (Lipinski definition) is 0. The maximum atomic E-state index is 11.7. The fourth-order valence-electron chi connectivity index (χ4n) is 1.77. The van der Waals surface area contributed by atoms with Gasteiger partial charge in [0.15, 0.2) is 5.78 Å². The summed E-state index contributed by atoms with van der Waals surface area (Å²) in [6, 6.07) is 9.24. The first-order chi connectivity index (χ1) is 8.09. The molecule has 0 amide bonds. The van der Waals surface area contributed by atoms with Gasteiger partial charge in [-0.1, -0.05) is 44.2 Å². The highest BCUT2D eigenvalue weighted by Gasteiger charge is 2.08. The zero-order valence-electron chi connectivity index (χ0n) is 10.6. The van der Waals surface area contributed by atoms with Gasteiger partial charge in [0.05, 0.1) is 0 Å². The van der Waals surface area contributed by atoms with Crippen LogP contribution in [-0.4, -0.2) is 11.6 Å². The first-order valence-corrected chi connectivity index (χ1v) is 6.19. The number of benzene rings is 1. The summed E-state index contributed by atoms with van der Waals surface area (Å²) >= 11 is 0. The highest BCUT2D eigenvalue weighted by atomic mass is 16.1. The molecule has 92 valence electrons. The molecule has 1 rings (SSSR count). The maximum Gasteiger partial charge on any atom is 0.162 e. The molecule has 0 saturated carbocycles. The molecule has 0 bridgehead atoms. The van der Waals surface area contributed by atoms with Crippen molar-refractivity contribution in [2.75, 3.05) is 0 Å². The fraction of sp³-hybridized carbons (Fsp3) is 0.467. The number of carbonyl (C=O) groups excluding carboxylic acids is 2.